The zero-order valence-corrected chi connectivity index (χ0v) is 9.66. The van der Waals surface area contributed by atoms with E-state index < -0.39 is 0 Å². The molecule has 17 heavy (non-hydrogen) atoms. The molecule has 0 bridgehead atoms. The number of benzene rings is 1. The zero-order valence-electron chi connectivity index (χ0n) is 8.84. The van der Waals surface area contributed by atoms with Crippen LogP contribution in [0.2, 0.25) is 0 Å². The molecule has 0 atom stereocenters. The Balaban J connectivity index is 1.81. The fourth-order valence-corrected chi connectivity index (χ4v) is 2.20. The van der Waals surface area contributed by atoms with Crippen molar-refractivity contribution in [2.45, 2.75) is 10.9 Å². The fraction of sp³-hybridized carbons (Fsp3) is 0.100. The Labute approximate surface area is 101 Å². The Morgan fingerprint density at radius 1 is 1.35 bits per heavy atom. The second-order valence-electron chi connectivity index (χ2n) is 3.54. The molecular formula is C10H10N6S. The number of rotatable bonds is 3. The highest BCUT2D eigenvalue weighted by molar-refractivity contribution is 7.98. The first kappa shape index (κ1) is 10.2. The highest BCUT2D eigenvalue weighted by Gasteiger charge is 2.04. The maximum absolute atomic E-state index is 5.71. The molecule has 86 valence electrons. The van der Waals surface area contributed by atoms with E-state index in [1.165, 1.54) is 6.33 Å². The normalized spacial score (nSPS) is 11.1. The largest absolute Gasteiger partial charge is 0.399 e. The van der Waals surface area contributed by atoms with Crippen molar-refractivity contribution < 1.29 is 0 Å². The summed E-state index contributed by atoms with van der Waals surface area (Å²) in [6.07, 6.45) is 1.49. The Hall–Kier alpha value is -2.02. The minimum atomic E-state index is 0.712. The summed E-state index contributed by atoms with van der Waals surface area (Å²) >= 11 is 1.55. The van der Waals surface area contributed by atoms with Crippen molar-refractivity contribution in [1.82, 2.24) is 25.1 Å². The number of hydrogen-bond acceptors (Lipinski definition) is 5. The van der Waals surface area contributed by atoms with Gasteiger partial charge in [-0.25, -0.2) is 9.97 Å². The van der Waals surface area contributed by atoms with Crippen LogP contribution in [-0.2, 0) is 5.75 Å². The maximum Gasteiger partial charge on any atom is 0.183 e. The Morgan fingerprint density at radius 3 is 3.12 bits per heavy atom. The van der Waals surface area contributed by atoms with Crippen LogP contribution in [0.25, 0.3) is 11.0 Å². The van der Waals surface area contributed by atoms with Crippen molar-refractivity contribution in [3.8, 4) is 0 Å². The quantitative estimate of drug-likeness (QED) is 0.481. The average Bonchev–Trinajstić information content (AvgIpc) is 2.94. The minimum absolute atomic E-state index is 0.712. The number of hydrogen-bond donors (Lipinski definition) is 3. The van der Waals surface area contributed by atoms with Crippen LogP contribution in [0, 0.1) is 0 Å². The molecule has 0 fully saturated rings. The molecule has 0 aliphatic carbocycles. The first-order chi connectivity index (χ1) is 8.31. The van der Waals surface area contributed by atoms with Crippen molar-refractivity contribution in [2.75, 3.05) is 5.73 Å². The van der Waals surface area contributed by atoms with Gasteiger partial charge in [-0.3, -0.25) is 5.10 Å². The second-order valence-corrected chi connectivity index (χ2v) is 4.50. The summed E-state index contributed by atoms with van der Waals surface area (Å²) in [4.78, 5) is 11.7. The minimum Gasteiger partial charge on any atom is -0.399 e. The average molecular weight is 246 g/mol. The third kappa shape index (κ3) is 2.09. The summed E-state index contributed by atoms with van der Waals surface area (Å²) in [6, 6.07) is 5.63. The number of nitrogens with zero attached hydrogens (tertiary/aromatic N) is 3. The van der Waals surface area contributed by atoms with Gasteiger partial charge in [0.2, 0.25) is 0 Å². The lowest BCUT2D eigenvalue weighted by molar-refractivity contribution is 0.970. The smallest absolute Gasteiger partial charge is 0.183 e. The molecule has 3 rings (SSSR count). The van der Waals surface area contributed by atoms with Crippen molar-refractivity contribution >= 4 is 28.5 Å². The molecule has 0 spiro atoms. The van der Waals surface area contributed by atoms with E-state index in [2.05, 4.69) is 25.1 Å². The summed E-state index contributed by atoms with van der Waals surface area (Å²) in [5.74, 6) is 1.61. The highest BCUT2D eigenvalue weighted by atomic mass is 32.2. The molecule has 0 aliphatic rings. The van der Waals surface area contributed by atoms with Crippen molar-refractivity contribution in [2.24, 2.45) is 0 Å². The van der Waals surface area contributed by atoms with Crippen LogP contribution in [0.15, 0.2) is 29.7 Å². The van der Waals surface area contributed by atoms with Crippen molar-refractivity contribution in [1.29, 1.82) is 0 Å². The third-order valence-electron chi connectivity index (χ3n) is 2.29. The van der Waals surface area contributed by atoms with Crippen LogP contribution in [0.3, 0.4) is 0 Å². The monoisotopic (exact) mass is 246 g/mol. The van der Waals surface area contributed by atoms with Gasteiger partial charge < -0.3 is 10.7 Å². The summed E-state index contributed by atoms with van der Waals surface area (Å²) in [7, 11) is 0. The molecule has 0 amide bonds. The van der Waals surface area contributed by atoms with Gasteiger partial charge in [0, 0.05) is 5.69 Å². The molecule has 0 radical (unpaired) electrons. The number of H-pyrrole nitrogens is 2. The van der Waals surface area contributed by atoms with Gasteiger partial charge >= 0.3 is 0 Å². The van der Waals surface area contributed by atoms with E-state index in [1.807, 2.05) is 18.2 Å². The predicted molar refractivity (Wildman–Crippen MR) is 66.4 cm³/mol. The number of fused-ring (bicyclic) bond motifs is 1. The molecular weight excluding hydrogens is 236 g/mol. The lowest BCUT2D eigenvalue weighted by atomic mass is 10.3. The predicted octanol–water partition coefficient (Wildman–Crippen LogP) is 1.56. The second kappa shape index (κ2) is 4.10. The number of thioether (sulfide) groups is 1. The third-order valence-corrected chi connectivity index (χ3v) is 3.18. The summed E-state index contributed by atoms with van der Waals surface area (Å²) in [6.45, 7) is 0. The molecule has 4 N–H and O–H groups in total. The Morgan fingerprint density at radius 2 is 2.29 bits per heavy atom. The Kier molecular flexibility index (Phi) is 2.45. The van der Waals surface area contributed by atoms with E-state index in [0.717, 1.165) is 27.7 Å². The SMILES string of the molecule is Nc1ccc2nc(CSc3ncn[nH]3)[nH]c2c1. The van der Waals surface area contributed by atoms with Crippen LogP contribution in [0.5, 0.6) is 0 Å². The van der Waals surface area contributed by atoms with Gasteiger partial charge in [0.1, 0.15) is 12.2 Å². The van der Waals surface area contributed by atoms with Gasteiger partial charge in [0.15, 0.2) is 5.16 Å². The topological polar surface area (TPSA) is 96.3 Å². The lowest BCUT2D eigenvalue weighted by Crippen LogP contribution is -1.84. The number of nitrogens with two attached hydrogens (primary N) is 1. The molecule has 6 nitrogen and oxygen atoms in total. The fourth-order valence-electron chi connectivity index (χ4n) is 1.55. The maximum atomic E-state index is 5.71. The van der Waals surface area contributed by atoms with E-state index in [9.17, 15) is 0 Å². The van der Waals surface area contributed by atoms with Crippen LogP contribution < -0.4 is 5.73 Å². The first-order valence-electron chi connectivity index (χ1n) is 5.03. The molecule has 0 unspecified atom stereocenters. The molecule has 0 saturated heterocycles. The summed E-state index contributed by atoms with van der Waals surface area (Å²) < 4.78 is 0. The van der Waals surface area contributed by atoms with E-state index in [-0.39, 0.29) is 0 Å². The number of nitrogens with one attached hydrogen (secondary N) is 2. The van der Waals surface area contributed by atoms with Crippen LogP contribution in [-0.4, -0.2) is 25.1 Å². The van der Waals surface area contributed by atoms with Crippen molar-refractivity contribution in [3.05, 3.63) is 30.4 Å². The highest BCUT2D eigenvalue weighted by Crippen LogP contribution is 2.20. The summed E-state index contributed by atoms with van der Waals surface area (Å²) in [5.41, 5.74) is 8.32. The van der Waals surface area contributed by atoms with E-state index in [0.29, 0.717) is 5.75 Å². The van der Waals surface area contributed by atoms with Gasteiger partial charge in [0.25, 0.3) is 0 Å². The van der Waals surface area contributed by atoms with Gasteiger partial charge in [-0.05, 0) is 18.2 Å². The molecule has 2 aromatic heterocycles. The Bertz CT molecular complexity index is 629. The van der Waals surface area contributed by atoms with E-state index >= 15 is 0 Å². The van der Waals surface area contributed by atoms with E-state index in [1.54, 1.807) is 11.8 Å². The standard InChI is InChI=1S/C10H10N6S/c11-6-1-2-7-8(3-6)15-9(14-7)4-17-10-12-5-13-16-10/h1-3,5H,4,11H2,(H,14,15)(H,12,13,16). The van der Waals surface area contributed by atoms with Crippen LogP contribution in [0.4, 0.5) is 5.69 Å². The van der Waals surface area contributed by atoms with E-state index in [4.69, 9.17) is 5.73 Å². The molecule has 1 aromatic carbocycles. The molecule has 3 aromatic rings. The number of aromatic amines is 2. The number of nitrogen functional groups attached to an aromatic ring is 1. The zero-order chi connectivity index (χ0) is 11.7. The van der Waals surface area contributed by atoms with Gasteiger partial charge in [-0.15, -0.1) is 0 Å². The number of anilines is 1. The first-order valence-corrected chi connectivity index (χ1v) is 6.02. The van der Waals surface area contributed by atoms with Gasteiger partial charge in [-0.1, -0.05) is 11.8 Å². The molecule has 7 heteroatoms. The number of aromatic nitrogens is 5. The molecule has 2 heterocycles. The van der Waals surface area contributed by atoms with Crippen molar-refractivity contribution in [3.63, 3.8) is 0 Å². The van der Waals surface area contributed by atoms with Gasteiger partial charge in [-0.2, -0.15) is 5.10 Å². The molecule has 0 aliphatic heterocycles. The summed E-state index contributed by atoms with van der Waals surface area (Å²) in [5, 5.41) is 7.36. The van der Waals surface area contributed by atoms with Crippen LogP contribution >= 0.6 is 11.8 Å². The van der Waals surface area contributed by atoms with Crippen LogP contribution in [0.1, 0.15) is 5.82 Å². The lowest BCUT2D eigenvalue weighted by Gasteiger charge is -1.92. The number of imidazole rings is 1. The van der Waals surface area contributed by atoms with Gasteiger partial charge in [0.05, 0.1) is 16.8 Å². The molecule has 0 saturated carbocycles.